The van der Waals surface area contributed by atoms with Crippen LogP contribution in [0.5, 0.6) is 0 Å². The maximum absolute atomic E-state index is 11.2. The van der Waals surface area contributed by atoms with Crippen molar-refractivity contribution in [2.75, 3.05) is 0 Å². The molecular formula is C11H7N5O2. The predicted octanol–water partition coefficient (Wildman–Crippen LogP) is 0.884. The van der Waals surface area contributed by atoms with Crippen molar-refractivity contribution in [1.29, 1.82) is 0 Å². The van der Waals surface area contributed by atoms with Crippen LogP contribution in [0.4, 0.5) is 0 Å². The highest BCUT2D eigenvalue weighted by atomic mass is 16.4. The van der Waals surface area contributed by atoms with Crippen LogP contribution in [-0.2, 0) is 0 Å². The first kappa shape index (κ1) is 10.3. The number of carboxylic acid groups (broad SMARTS) is 1. The van der Waals surface area contributed by atoms with Crippen molar-refractivity contribution in [1.82, 2.24) is 24.6 Å². The Bertz CT molecular complexity index is 723. The molecular weight excluding hydrogens is 234 g/mol. The van der Waals surface area contributed by atoms with E-state index in [1.54, 1.807) is 24.5 Å². The molecule has 0 amide bonds. The van der Waals surface area contributed by atoms with Crippen molar-refractivity contribution >= 4 is 11.7 Å². The standard InChI is InChI=1S/C11H7N5O2/c17-10(18)9-4-8(7-2-1-3-12-5-7)15-11-13-6-14-16(9)11/h1-6H,(H,17,18). The normalized spacial score (nSPS) is 10.7. The molecule has 3 heterocycles. The lowest BCUT2D eigenvalue weighted by molar-refractivity contribution is 0.0687. The molecule has 0 unspecified atom stereocenters. The summed E-state index contributed by atoms with van der Waals surface area (Å²) in [6.07, 6.45) is 4.51. The van der Waals surface area contributed by atoms with Crippen molar-refractivity contribution in [2.45, 2.75) is 0 Å². The fourth-order valence-corrected chi connectivity index (χ4v) is 1.63. The first-order valence-corrected chi connectivity index (χ1v) is 5.10. The van der Waals surface area contributed by atoms with Gasteiger partial charge in [-0.05, 0) is 18.2 Å². The molecule has 3 rings (SSSR count). The van der Waals surface area contributed by atoms with Crippen molar-refractivity contribution in [3.05, 3.63) is 42.6 Å². The van der Waals surface area contributed by atoms with Gasteiger partial charge in [-0.1, -0.05) is 0 Å². The summed E-state index contributed by atoms with van der Waals surface area (Å²) < 4.78 is 1.18. The molecule has 88 valence electrons. The number of aromatic nitrogens is 5. The SMILES string of the molecule is O=C(O)c1cc(-c2cccnc2)nc2ncnn12. The molecule has 0 saturated carbocycles. The minimum Gasteiger partial charge on any atom is -0.477 e. The molecule has 0 atom stereocenters. The number of aromatic carboxylic acids is 1. The van der Waals surface area contributed by atoms with Crippen LogP contribution in [0.25, 0.3) is 17.0 Å². The van der Waals surface area contributed by atoms with Crippen LogP contribution in [0.3, 0.4) is 0 Å². The molecule has 1 N–H and O–H groups in total. The van der Waals surface area contributed by atoms with Gasteiger partial charge in [0.05, 0.1) is 5.69 Å². The van der Waals surface area contributed by atoms with E-state index < -0.39 is 5.97 Å². The molecule has 0 radical (unpaired) electrons. The van der Waals surface area contributed by atoms with Gasteiger partial charge in [-0.3, -0.25) is 4.98 Å². The second-order valence-corrected chi connectivity index (χ2v) is 3.55. The highest BCUT2D eigenvalue weighted by Gasteiger charge is 2.14. The van der Waals surface area contributed by atoms with E-state index in [1.807, 2.05) is 0 Å². The first-order valence-electron chi connectivity index (χ1n) is 5.10. The Morgan fingerprint density at radius 2 is 2.28 bits per heavy atom. The molecule has 0 fully saturated rings. The lowest BCUT2D eigenvalue weighted by Crippen LogP contribution is -2.08. The zero-order chi connectivity index (χ0) is 12.5. The first-order chi connectivity index (χ1) is 8.75. The number of carboxylic acids is 1. The number of fused-ring (bicyclic) bond motifs is 1. The summed E-state index contributed by atoms with van der Waals surface area (Å²) in [6.45, 7) is 0. The zero-order valence-corrected chi connectivity index (χ0v) is 9.06. The van der Waals surface area contributed by atoms with Crippen molar-refractivity contribution in [2.24, 2.45) is 0 Å². The third-order valence-corrected chi connectivity index (χ3v) is 2.43. The summed E-state index contributed by atoms with van der Waals surface area (Å²) in [6, 6.07) is 5.00. The fraction of sp³-hybridized carbons (Fsp3) is 0. The van der Waals surface area contributed by atoms with E-state index >= 15 is 0 Å². The number of pyridine rings is 1. The van der Waals surface area contributed by atoms with Gasteiger partial charge in [0, 0.05) is 18.0 Å². The van der Waals surface area contributed by atoms with Crippen molar-refractivity contribution in [3.63, 3.8) is 0 Å². The van der Waals surface area contributed by atoms with E-state index in [2.05, 4.69) is 20.1 Å². The Balaban J connectivity index is 2.29. The number of rotatable bonds is 2. The quantitative estimate of drug-likeness (QED) is 0.716. The topological polar surface area (TPSA) is 93.3 Å². The highest BCUT2D eigenvalue weighted by Crippen LogP contribution is 2.17. The Hall–Kier alpha value is -2.83. The summed E-state index contributed by atoms with van der Waals surface area (Å²) >= 11 is 0. The second-order valence-electron chi connectivity index (χ2n) is 3.55. The number of carbonyl (C=O) groups is 1. The molecule has 0 aliphatic carbocycles. The molecule has 0 aromatic carbocycles. The Labute approximate surface area is 101 Å². The van der Waals surface area contributed by atoms with Crippen molar-refractivity contribution < 1.29 is 9.90 Å². The van der Waals surface area contributed by atoms with Gasteiger partial charge in [0.2, 0.25) is 0 Å². The van der Waals surface area contributed by atoms with Gasteiger partial charge in [0.25, 0.3) is 5.78 Å². The largest absolute Gasteiger partial charge is 0.477 e. The van der Waals surface area contributed by atoms with E-state index in [0.29, 0.717) is 5.69 Å². The fourth-order valence-electron chi connectivity index (χ4n) is 1.63. The maximum Gasteiger partial charge on any atom is 0.354 e. The van der Waals surface area contributed by atoms with Crippen LogP contribution in [0, 0.1) is 0 Å². The summed E-state index contributed by atoms with van der Waals surface area (Å²) in [5, 5.41) is 13.0. The predicted molar refractivity (Wildman–Crippen MR) is 61.0 cm³/mol. The van der Waals surface area contributed by atoms with Crippen molar-refractivity contribution in [3.8, 4) is 11.3 Å². The molecule has 7 heteroatoms. The van der Waals surface area contributed by atoms with Gasteiger partial charge in [-0.25, -0.2) is 9.78 Å². The molecule has 0 aliphatic rings. The number of hydrogen-bond acceptors (Lipinski definition) is 5. The minimum absolute atomic E-state index is 0.0105. The second kappa shape index (κ2) is 3.88. The molecule has 3 aromatic heterocycles. The highest BCUT2D eigenvalue weighted by molar-refractivity contribution is 5.87. The van der Waals surface area contributed by atoms with Gasteiger partial charge in [0.15, 0.2) is 5.69 Å². The maximum atomic E-state index is 11.2. The molecule has 0 aliphatic heterocycles. The third kappa shape index (κ3) is 1.58. The van der Waals surface area contributed by atoms with Crippen LogP contribution in [0.1, 0.15) is 10.5 Å². The lowest BCUT2D eigenvalue weighted by atomic mass is 10.2. The van der Waals surface area contributed by atoms with E-state index in [-0.39, 0.29) is 11.5 Å². The summed E-state index contributed by atoms with van der Waals surface area (Å²) in [7, 11) is 0. The Morgan fingerprint density at radius 3 is 3.00 bits per heavy atom. The van der Waals surface area contributed by atoms with E-state index in [4.69, 9.17) is 5.11 Å². The molecule has 0 saturated heterocycles. The monoisotopic (exact) mass is 241 g/mol. The van der Waals surface area contributed by atoms with Crippen LogP contribution < -0.4 is 0 Å². The summed E-state index contributed by atoms with van der Waals surface area (Å²) in [4.78, 5) is 23.3. The molecule has 7 nitrogen and oxygen atoms in total. The molecule has 18 heavy (non-hydrogen) atoms. The van der Waals surface area contributed by atoms with Gasteiger partial charge in [-0.15, -0.1) is 0 Å². The lowest BCUT2D eigenvalue weighted by Gasteiger charge is -2.03. The smallest absolute Gasteiger partial charge is 0.354 e. The average molecular weight is 241 g/mol. The third-order valence-electron chi connectivity index (χ3n) is 2.43. The molecule has 3 aromatic rings. The molecule has 0 bridgehead atoms. The summed E-state index contributed by atoms with van der Waals surface area (Å²) in [5.41, 5.74) is 1.24. The molecule has 0 spiro atoms. The number of hydrogen-bond donors (Lipinski definition) is 1. The van der Waals surface area contributed by atoms with E-state index in [9.17, 15) is 4.79 Å². The van der Waals surface area contributed by atoms with Gasteiger partial charge in [-0.2, -0.15) is 14.6 Å². The summed E-state index contributed by atoms with van der Waals surface area (Å²) in [5.74, 6) is -0.841. The van der Waals surface area contributed by atoms with E-state index in [1.165, 1.54) is 16.9 Å². The van der Waals surface area contributed by atoms with Gasteiger partial charge >= 0.3 is 5.97 Å². The minimum atomic E-state index is -1.09. The Kier molecular flexibility index (Phi) is 2.23. The average Bonchev–Trinajstić information content (AvgIpc) is 2.86. The van der Waals surface area contributed by atoms with Crippen LogP contribution in [-0.4, -0.2) is 35.6 Å². The number of nitrogens with zero attached hydrogens (tertiary/aromatic N) is 5. The van der Waals surface area contributed by atoms with Gasteiger partial charge in [0.1, 0.15) is 6.33 Å². The van der Waals surface area contributed by atoms with Crippen LogP contribution >= 0.6 is 0 Å². The van der Waals surface area contributed by atoms with Crippen LogP contribution in [0.2, 0.25) is 0 Å². The van der Waals surface area contributed by atoms with Gasteiger partial charge < -0.3 is 5.11 Å². The van der Waals surface area contributed by atoms with Crippen LogP contribution in [0.15, 0.2) is 36.9 Å². The Morgan fingerprint density at radius 1 is 1.39 bits per heavy atom. The van der Waals surface area contributed by atoms with E-state index in [0.717, 1.165) is 5.56 Å². The zero-order valence-electron chi connectivity index (χ0n) is 9.06.